The first-order chi connectivity index (χ1) is 9.74. The highest BCUT2D eigenvalue weighted by atomic mass is 15.3. The number of benzene rings is 2. The molecule has 2 aromatic carbocycles. The molecule has 0 aliphatic heterocycles. The summed E-state index contributed by atoms with van der Waals surface area (Å²) in [5.41, 5.74) is 7.30. The van der Waals surface area contributed by atoms with Crippen molar-refractivity contribution in [1.82, 2.24) is 4.90 Å². The Labute approximate surface area is 120 Å². The first kappa shape index (κ1) is 13.0. The van der Waals surface area contributed by atoms with Gasteiger partial charge in [0.2, 0.25) is 0 Å². The molecule has 1 aliphatic rings. The van der Waals surface area contributed by atoms with Gasteiger partial charge in [-0.05, 0) is 35.6 Å². The second-order valence-electron chi connectivity index (χ2n) is 5.51. The van der Waals surface area contributed by atoms with E-state index in [1.807, 2.05) is 7.05 Å². The van der Waals surface area contributed by atoms with Gasteiger partial charge in [-0.25, -0.2) is 0 Å². The molecule has 0 unspecified atom stereocenters. The molecule has 1 aliphatic carbocycles. The summed E-state index contributed by atoms with van der Waals surface area (Å²) in [6, 6.07) is 15.7. The van der Waals surface area contributed by atoms with Gasteiger partial charge in [-0.15, -0.1) is 0 Å². The lowest BCUT2D eigenvalue weighted by atomic mass is 10.1. The van der Waals surface area contributed by atoms with E-state index in [1.165, 1.54) is 29.2 Å². The quantitative estimate of drug-likeness (QED) is 0.683. The lowest BCUT2D eigenvalue weighted by Crippen LogP contribution is -2.35. The van der Waals surface area contributed by atoms with Crippen molar-refractivity contribution in [2.45, 2.75) is 25.3 Å². The molecule has 0 aromatic heterocycles. The van der Waals surface area contributed by atoms with Crippen LogP contribution in [0.2, 0.25) is 0 Å². The van der Waals surface area contributed by atoms with Gasteiger partial charge in [-0.2, -0.15) is 0 Å². The van der Waals surface area contributed by atoms with Crippen LogP contribution in [0.1, 0.15) is 18.4 Å². The molecule has 3 rings (SSSR count). The third kappa shape index (κ3) is 2.93. The highest BCUT2D eigenvalue weighted by molar-refractivity contribution is 5.83. The van der Waals surface area contributed by atoms with E-state index in [4.69, 9.17) is 5.73 Å². The fourth-order valence-electron chi connectivity index (χ4n) is 2.45. The van der Waals surface area contributed by atoms with Crippen LogP contribution in [0.5, 0.6) is 0 Å². The number of rotatable bonds is 4. The highest BCUT2D eigenvalue weighted by Crippen LogP contribution is 2.24. The van der Waals surface area contributed by atoms with E-state index in [0.717, 1.165) is 13.0 Å². The maximum Gasteiger partial charge on any atom is 0.191 e. The van der Waals surface area contributed by atoms with E-state index < -0.39 is 0 Å². The summed E-state index contributed by atoms with van der Waals surface area (Å²) in [6.07, 6.45) is 3.43. The summed E-state index contributed by atoms with van der Waals surface area (Å²) < 4.78 is 0. The van der Waals surface area contributed by atoms with Crippen LogP contribution in [-0.2, 0) is 6.42 Å². The third-order valence-electron chi connectivity index (χ3n) is 3.94. The number of hydrogen-bond acceptors (Lipinski definition) is 1. The molecule has 3 heteroatoms. The molecular formula is C17H21N3. The summed E-state index contributed by atoms with van der Waals surface area (Å²) in [4.78, 5) is 6.58. The van der Waals surface area contributed by atoms with Crippen molar-refractivity contribution in [3.05, 3.63) is 48.0 Å². The summed E-state index contributed by atoms with van der Waals surface area (Å²) >= 11 is 0. The highest BCUT2D eigenvalue weighted by Gasteiger charge is 2.27. The van der Waals surface area contributed by atoms with Crippen LogP contribution in [0.4, 0.5) is 0 Å². The molecule has 0 bridgehead atoms. The molecule has 2 N–H and O–H groups in total. The average molecular weight is 267 g/mol. The summed E-state index contributed by atoms with van der Waals surface area (Å²) in [5, 5.41) is 2.57. The Kier molecular flexibility index (Phi) is 3.59. The molecule has 1 fully saturated rings. The van der Waals surface area contributed by atoms with Crippen LogP contribution in [0.3, 0.4) is 0 Å². The monoisotopic (exact) mass is 267 g/mol. The van der Waals surface area contributed by atoms with Crippen molar-refractivity contribution in [3.63, 3.8) is 0 Å². The van der Waals surface area contributed by atoms with Gasteiger partial charge in [0.25, 0.3) is 0 Å². The van der Waals surface area contributed by atoms with Gasteiger partial charge in [-0.3, -0.25) is 4.99 Å². The lowest BCUT2D eigenvalue weighted by molar-refractivity contribution is 0.487. The summed E-state index contributed by atoms with van der Waals surface area (Å²) in [6.45, 7) is 0.751. The molecule has 0 spiro atoms. The Hall–Kier alpha value is -2.03. The van der Waals surface area contributed by atoms with E-state index in [0.29, 0.717) is 12.0 Å². The standard InChI is InChI=1S/C17H21N3/c1-20(16-8-9-16)17(18)19-11-10-13-6-7-14-4-2-3-5-15(14)12-13/h2-7,12,16H,8-11H2,1H3,(H2,18,19). The minimum atomic E-state index is 0.624. The topological polar surface area (TPSA) is 41.6 Å². The van der Waals surface area contributed by atoms with Crippen molar-refractivity contribution in [2.75, 3.05) is 13.6 Å². The lowest BCUT2D eigenvalue weighted by Gasteiger charge is -2.16. The SMILES string of the molecule is CN(C(N)=NCCc1ccc2ccccc2c1)C1CC1. The van der Waals surface area contributed by atoms with Crippen molar-refractivity contribution in [2.24, 2.45) is 10.7 Å². The molecule has 3 nitrogen and oxygen atoms in total. The van der Waals surface area contributed by atoms with Crippen LogP contribution < -0.4 is 5.73 Å². The van der Waals surface area contributed by atoms with Gasteiger partial charge in [0.1, 0.15) is 0 Å². The zero-order chi connectivity index (χ0) is 13.9. The summed E-state index contributed by atoms with van der Waals surface area (Å²) in [5.74, 6) is 0.674. The zero-order valence-electron chi connectivity index (χ0n) is 11.9. The first-order valence-corrected chi connectivity index (χ1v) is 7.24. The van der Waals surface area contributed by atoms with Gasteiger partial charge >= 0.3 is 0 Å². The van der Waals surface area contributed by atoms with Gasteiger partial charge in [0.15, 0.2) is 5.96 Å². The molecule has 104 valence electrons. The third-order valence-corrected chi connectivity index (χ3v) is 3.94. The average Bonchev–Trinajstić information content (AvgIpc) is 3.31. The zero-order valence-corrected chi connectivity index (χ0v) is 11.9. The van der Waals surface area contributed by atoms with E-state index >= 15 is 0 Å². The van der Waals surface area contributed by atoms with Crippen molar-refractivity contribution < 1.29 is 0 Å². The number of guanidine groups is 1. The fourth-order valence-corrected chi connectivity index (χ4v) is 2.45. The number of nitrogens with zero attached hydrogens (tertiary/aromatic N) is 2. The van der Waals surface area contributed by atoms with E-state index in [-0.39, 0.29) is 0 Å². The van der Waals surface area contributed by atoms with E-state index in [2.05, 4.69) is 52.4 Å². The van der Waals surface area contributed by atoms with E-state index in [1.54, 1.807) is 0 Å². The Balaban J connectivity index is 1.63. The molecule has 0 radical (unpaired) electrons. The molecule has 20 heavy (non-hydrogen) atoms. The molecule has 0 heterocycles. The van der Waals surface area contributed by atoms with Crippen LogP contribution in [0.25, 0.3) is 10.8 Å². The molecule has 0 atom stereocenters. The van der Waals surface area contributed by atoms with Gasteiger partial charge < -0.3 is 10.6 Å². The molecular weight excluding hydrogens is 246 g/mol. The summed E-state index contributed by atoms with van der Waals surface area (Å²) in [7, 11) is 2.03. The van der Waals surface area contributed by atoms with Crippen LogP contribution in [0, 0.1) is 0 Å². The van der Waals surface area contributed by atoms with Crippen LogP contribution in [0.15, 0.2) is 47.5 Å². The first-order valence-electron chi connectivity index (χ1n) is 7.24. The largest absolute Gasteiger partial charge is 0.370 e. The second kappa shape index (κ2) is 5.53. The minimum Gasteiger partial charge on any atom is -0.370 e. The van der Waals surface area contributed by atoms with Crippen molar-refractivity contribution >= 4 is 16.7 Å². The predicted octanol–water partition coefficient (Wildman–Crippen LogP) is 2.79. The van der Waals surface area contributed by atoms with Gasteiger partial charge in [0, 0.05) is 19.6 Å². The maximum atomic E-state index is 5.99. The fraction of sp³-hybridized carbons (Fsp3) is 0.353. The Bertz CT molecular complexity index is 629. The van der Waals surface area contributed by atoms with Crippen molar-refractivity contribution in [1.29, 1.82) is 0 Å². The number of hydrogen-bond donors (Lipinski definition) is 1. The maximum absolute atomic E-state index is 5.99. The van der Waals surface area contributed by atoms with Crippen LogP contribution >= 0.6 is 0 Å². The Morgan fingerprint density at radius 1 is 1.20 bits per heavy atom. The number of fused-ring (bicyclic) bond motifs is 1. The minimum absolute atomic E-state index is 0.624. The number of nitrogens with two attached hydrogens (primary N) is 1. The number of aliphatic imine (C=N–C) groups is 1. The molecule has 1 saturated carbocycles. The molecule has 0 amide bonds. The molecule has 2 aromatic rings. The normalized spacial score (nSPS) is 15.6. The molecule has 0 saturated heterocycles. The predicted molar refractivity (Wildman–Crippen MR) is 84.9 cm³/mol. The smallest absolute Gasteiger partial charge is 0.191 e. The van der Waals surface area contributed by atoms with Gasteiger partial charge in [0.05, 0.1) is 0 Å². The second-order valence-corrected chi connectivity index (χ2v) is 5.51. The van der Waals surface area contributed by atoms with E-state index in [9.17, 15) is 0 Å². The Morgan fingerprint density at radius 3 is 2.70 bits per heavy atom. The van der Waals surface area contributed by atoms with Crippen molar-refractivity contribution in [3.8, 4) is 0 Å². The van der Waals surface area contributed by atoms with Gasteiger partial charge in [-0.1, -0.05) is 42.5 Å². The Morgan fingerprint density at radius 2 is 1.95 bits per heavy atom. The van der Waals surface area contributed by atoms with Crippen LogP contribution in [-0.4, -0.2) is 30.5 Å².